The summed E-state index contributed by atoms with van der Waals surface area (Å²) in [7, 11) is 0. The molecule has 2 aliphatic rings. The highest BCUT2D eigenvalue weighted by atomic mass is 19.1. The number of likely N-dealkylation sites (tertiary alicyclic amines) is 1. The van der Waals surface area contributed by atoms with Crippen molar-refractivity contribution in [1.82, 2.24) is 9.80 Å². The van der Waals surface area contributed by atoms with Crippen LogP contribution < -0.4 is 0 Å². The minimum Gasteiger partial charge on any atom is -0.379 e. The van der Waals surface area contributed by atoms with E-state index in [1.807, 2.05) is 0 Å². The van der Waals surface area contributed by atoms with E-state index in [2.05, 4.69) is 11.8 Å². The Bertz CT molecular complexity index is 576. The summed E-state index contributed by atoms with van der Waals surface area (Å²) in [6, 6.07) is 3.29. The Morgan fingerprint density at radius 3 is 2.70 bits per heavy atom. The lowest BCUT2D eigenvalue weighted by Crippen LogP contribution is -2.47. The zero-order chi connectivity index (χ0) is 16.4. The number of rotatable bonds is 3. The first-order chi connectivity index (χ1) is 11.1. The fourth-order valence-electron chi connectivity index (χ4n) is 3.58. The lowest BCUT2D eigenvalue weighted by Gasteiger charge is -2.34. The first kappa shape index (κ1) is 16.3. The molecule has 0 unspecified atom stereocenters. The Kier molecular flexibility index (Phi) is 4.92. The molecule has 0 aliphatic carbocycles. The molecule has 23 heavy (non-hydrogen) atoms. The number of hydrogen-bond donors (Lipinski definition) is 0. The molecule has 0 aromatic heterocycles. The van der Waals surface area contributed by atoms with E-state index in [0.717, 1.165) is 37.7 Å². The summed E-state index contributed by atoms with van der Waals surface area (Å²) >= 11 is 0. The molecule has 2 atom stereocenters. The topological polar surface area (TPSA) is 32.8 Å². The second-order valence-corrected chi connectivity index (χ2v) is 6.22. The van der Waals surface area contributed by atoms with Crippen LogP contribution in [0.25, 0.3) is 0 Å². The van der Waals surface area contributed by atoms with E-state index in [1.165, 1.54) is 0 Å². The average Bonchev–Trinajstić information content (AvgIpc) is 3.01. The summed E-state index contributed by atoms with van der Waals surface area (Å²) in [5.41, 5.74) is -0.178. The predicted octanol–water partition coefficient (Wildman–Crippen LogP) is 2.15. The number of halogens is 2. The van der Waals surface area contributed by atoms with Crippen molar-refractivity contribution < 1.29 is 18.3 Å². The highest BCUT2D eigenvalue weighted by Gasteiger charge is 2.38. The number of amides is 1. The van der Waals surface area contributed by atoms with Crippen molar-refractivity contribution in [1.29, 1.82) is 0 Å². The molecule has 0 N–H and O–H groups in total. The second-order valence-electron chi connectivity index (χ2n) is 6.22. The van der Waals surface area contributed by atoms with Gasteiger partial charge in [0.1, 0.15) is 11.6 Å². The van der Waals surface area contributed by atoms with E-state index in [-0.39, 0.29) is 11.6 Å². The van der Waals surface area contributed by atoms with Crippen LogP contribution in [-0.2, 0) is 4.74 Å². The molecule has 1 aromatic rings. The number of carbonyl (C=O) groups excluding carboxylic acids is 1. The minimum atomic E-state index is -0.667. The van der Waals surface area contributed by atoms with E-state index < -0.39 is 17.5 Å². The quantitative estimate of drug-likeness (QED) is 0.854. The van der Waals surface area contributed by atoms with Crippen molar-refractivity contribution in [3.63, 3.8) is 0 Å². The standard InChI is InChI=1S/C17H22F2N2O2/c1-2-12-10-21(11-16(12)20-5-7-23-8-6-20)17(22)14-9-13(18)3-4-15(14)19/h3-4,9,12,16H,2,5-8,10-11H2,1H3/t12-,16+/m1/s1. The van der Waals surface area contributed by atoms with E-state index >= 15 is 0 Å². The molecule has 1 amide bonds. The average molecular weight is 324 g/mol. The van der Waals surface area contributed by atoms with Crippen LogP contribution in [0, 0.1) is 17.6 Å². The molecule has 126 valence electrons. The molecule has 2 aliphatic heterocycles. The summed E-state index contributed by atoms with van der Waals surface area (Å²) < 4.78 is 32.6. The fourth-order valence-corrected chi connectivity index (χ4v) is 3.58. The highest BCUT2D eigenvalue weighted by Crippen LogP contribution is 2.27. The van der Waals surface area contributed by atoms with Crippen LogP contribution in [0.2, 0.25) is 0 Å². The maximum absolute atomic E-state index is 13.9. The first-order valence-electron chi connectivity index (χ1n) is 8.16. The van der Waals surface area contributed by atoms with Crippen molar-refractivity contribution in [3.05, 3.63) is 35.4 Å². The van der Waals surface area contributed by atoms with Crippen LogP contribution in [0.5, 0.6) is 0 Å². The number of benzene rings is 1. The number of ether oxygens (including phenoxy) is 1. The summed E-state index contributed by atoms with van der Waals surface area (Å²) in [5, 5.41) is 0. The molecular weight excluding hydrogens is 302 g/mol. The van der Waals surface area contributed by atoms with Gasteiger partial charge in [0, 0.05) is 32.2 Å². The number of morpholine rings is 1. The van der Waals surface area contributed by atoms with Gasteiger partial charge in [0.25, 0.3) is 5.91 Å². The van der Waals surface area contributed by atoms with E-state index in [9.17, 15) is 13.6 Å². The summed E-state index contributed by atoms with van der Waals surface area (Å²) in [6.45, 7) is 6.39. The van der Waals surface area contributed by atoms with Crippen molar-refractivity contribution in [3.8, 4) is 0 Å². The van der Waals surface area contributed by atoms with Crippen LogP contribution in [0.15, 0.2) is 18.2 Å². The largest absolute Gasteiger partial charge is 0.379 e. The molecule has 2 saturated heterocycles. The Balaban J connectivity index is 1.75. The van der Waals surface area contributed by atoms with E-state index in [0.29, 0.717) is 32.2 Å². The van der Waals surface area contributed by atoms with Gasteiger partial charge >= 0.3 is 0 Å². The summed E-state index contributed by atoms with van der Waals surface area (Å²) in [6.07, 6.45) is 0.956. The third-order valence-corrected chi connectivity index (χ3v) is 4.89. The normalized spacial score (nSPS) is 25.8. The Morgan fingerprint density at radius 2 is 2.00 bits per heavy atom. The Hall–Kier alpha value is -1.53. The number of carbonyl (C=O) groups is 1. The first-order valence-corrected chi connectivity index (χ1v) is 8.16. The number of nitrogens with zero attached hydrogens (tertiary/aromatic N) is 2. The fraction of sp³-hybridized carbons (Fsp3) is 0.588. The van der Waals surface area contributed by atoms with Gasteiger partial charge in [-0.1, -0.05) is 13.3 Å². The molecule has 0 saturated carbocycles. The van der Waals surface area contributed by atoms with Crippen LogP contribution in [0.4, 0.5) is 8.78 Å². The van der Waals surface area contributed by atoms with Gasteiger partial charge in [-0.3, -0.25) is 9.69 Å². The maximum atomic E-state index is 13.9. The van der Waals surface area contributed by atoms with Gasteiger partial charge in [-0.25, -0.2) is 8.78 Å². The summed E-state index contributed by atoms with van der Waals surface area (Å²) in [4.78, 5) is 16.6. The minimum absolute atomic E-state index is 0.178. The van der Waals surface area contributed by atoms with Crippen LogP contribution >= 0.6 is 0 Å². The molecule has 0 spiro atoms. The van der Waals surface area contributed by atoms with Gasteiger partial charge in [0.2, 0.25) is 0 Å². The van der Waals surface area contributed by atoms with E-state index in [1.54, 1.807) is 4.90 Å². The molecular formula is C17H22F2N2O2. The smallest absolute Gasteiger partial charge is 0.256 e. The van der Waals surface area contributed by atoms with Crippen LogP contribution in [0.1, 0.15) is 23.7 Å². The molecule has 3 rings (SSSR count). The van der Waals surface area contributed by atoms with Gasteiger partial charge < -0.3 is 9.64 Å². The Labute approximate surface area is 135 Å². The molecule has 6 heteroatoms. The lowest BCUT2D eigenvalue weighted by atomic mass is 9.99. The van der Waals surface area contributed by atoms with E-state index in [4.69, 9.17) is 4.74 Å². The zero-order valence-corrected chi connectivity index (χ0v) is 13.3. The van der Waals surface area contributed by atoms with Gasteiger partial charge in [0.05, 0.1) is 18.8 Å². The molecule has 2 heterocycles. The van der Waals surface area contributed by atoms with Gasteiger partial charge in [-0.2, -0.15) is 0 Å². The molecule has 4 nitrogen and oxygen atoms in total. The molecule has 1 aromatic carbocycles. The predicted molar refractivity (Wildman–Crippen MR) is 82.2 cm³/mol. The third-order valence-electron chi connectivity index (χ3n) is 4.89. The molecule has 0 radical (unpaired) electrons. The second kappa shape index (κ2) is 6.93. The van der Waals surface area contributed by atoms with Gasteiger partial charge in [-0.05, 0) is 24.1 Å². The van der Waals surface area contributed by atoms with Crippen molar-refractivity contribution in [2.24, 2.45) is 5.92 Å². The SMILES string of the molecule is CC[C@@H]1CN(C(=O)c2cc(F)ccc2F)C[C@@H]1N1CCOCC1. The van der Waals surface area contributed by atoms with Gasteiger partial charge in [0.15, 0.2) is 0 Å². The lowest BCUT2D eigenvalue weighted by molar-refractivity contribution is 0.0102. The summed E-state index contributed by atoms with van der Waals surface area (Å²) in [5.74, 6) is -1.32. The van der Waals surface area contributed by atoms with Crippen molar-refractivity contribution >= 4 is 5.91 Å². The van der Waals surface area contributed by atoms with Crippen molar-refractivity contribution in [2.45, 2.75) is 19.4 Å². The zero-order valence-electron chi connectivity index (χ0n) is 13.3. The highest BCUT2D eigenvalue weighted by molar-refractivity contribution is 5.94. The van der Waals surface area contributed by atoms with Crippen LogP contribution in [0.3, 0.4) is 0 Å². The number of hydrogen-bond acceptors (Lipinski definition) is 3. The van der Waals surface area contributed by atoms with Crippen LogP contribution in [-0.4, -0.2) is 61.1 Å². The van der Waals surface area contributed by atoms with Gasteiger partial charge in [-0.15, -0.1) is 0 Å². The maximum Gasteiger partial charge on any atom is 0.256 e. The monoisotopic (exact) mass is 324 g/mol. The molecule has 0 bridgehead atoms. The molecule has 2 fully saturated rings. The Morgan fingerprint density at radius 1 is 1.26 bits per heavy atom. The van der Waals surface area contributed by atoms with Crippen molar-refractivity contribution in [2.75, 3.05) is 39.4 Å². The third kappa shape index (κ3) is 3.38.